The Morgan fingerprint density at radius 2 is 1.70 bits per heavy atom. The summed E-state index contributed by atoms with van der Waals surface area (Å²) in [4.78, 5) is 19.0. The number of carbonyl (C=O) groups is 1. The van der Waals surface area contributed by atoms with Gasteiger partial charge in [0.25, 0.3) is 0 Å². The quantitative estimate of drug-likeness (QED) is 0.169. The molecular formula is C28H21F6N3O2S. The maximum atomic E-state index is 15.1. The molecular weight excluding hydrogens is 556 g/mol. The van der Waals surface area contributed by atoms with E-state index in [1.807, 2.05) is 30.3 Å². The number of nitrogens with zero attached hydrogens (tertiary/aromatic N) is 3. The van der Waals surface area contributed by atoms with Gasteiger partial charge in [0.1, 0.15) is 18.2 Å². The molecule has 12 heteroatoms. The summed E-state index contributed by atoms with van der Waals surface area (Å²) in [5, 5.41) is 0.147. The molecule has 1 aromatic heterocycles. The van der Waals surface area contributed by atoms with Crippen molar-refractivity contribution in [2.45, 2.75) is 29.9 Å². The molecule has 0 saturated heterocycles. The van der Waals surface area contributed by atoms with Crippen LogP contribution in [0.5, 0.6) is 5.75 Å². The van der Waals surface area contributed by atoms with Crippen LogP contribution < -0.4 is 9.64 Å². The third kappa shape index (κ3) is 5.67. The predicted octanol–water partition coefficient (Wildman–Crippen LogP) is 7.46. The summed E-state index contributed by atoms with van der Waals surface area (Å²) in [6.07, 6.45) is -3.69. The van der Waals surface area contributed by atoms with E-state index >= 15 is 8.78 Å². The summed E-state index contributed by atoms with van der Waals surface area (Å²) in [7, 11) is 1.25. The second kappa shape index (κ2) is 10.9. The van der Waals surface area contributed by atoms with Crippen LogP contribution in [0, 0.1) is 17.5 Å². The van der Waals surface area contributed by atoms with Gasteiger partial charge in [0, 0.05) is 33.2 Å². The first-order valence-electron chi connectivity index (χ1n) is 12.0. The highest BCUT2D eigenvalue weighted by Gasteiger charge is 2.40. The summed E-state index contributed by atoms with van der Waals surface area (Å²) in [5.74, 6) is -2.31. The average molecular weight is 578 g/mol. The average Bonchev–Trinajstić information content (AvgIpc) is 2.91. The maximum absolute atomic E-state index is 15.1. The minimum atomic E-state index is -4.79. The summed E-state index contributed by atoms with van der Waals surface area (Å²) < 4.78 is 90.2. The number of urea groups is 1. The monoisotopic (exact) mass is 577 g/mol. The fraction of sp³-hybridized carbons (Fsp3) is 0.214. The molecule has 40 heavy (non-hydrogen) atoms. The van der Waals surface area contributed by atoms with Gasteiger partial charge in [0.2, 0.25) is 0 Å². The molecule has 5 rings (SSSR count). The van der Waals surface area contributed by atoms with Gasteiger partial charge in [-0.3, -0.25) is 9.88 Å². The Kier molecular flexibility index (Phi) is 7.54. The highest BCUT2D eigenvalue weighted by molar-refractivity contribution is 7.98. The van der Waals surface area contributed by atoms with Crippen LogP contribution in [0.4, 0.5) is 36.8 Å². The number of anilines is 1. The number of pyridine rings is 1. The molecule has 0 saturated carbocycles. The zero-order chi connectivity index (χ0) is 28.6. The van der Waals surface area contributed by atoms with Gasteiger partial charge < -0.3 is 9.64 Å². The molecule has 1 aliphatic rings. The van der Waals surface area contributed by atoms with Crippen molar-refractivity contribution in [3.63, 3.8) is 0 Å². The van der Waals surface area contributed by atoms with Crippen LogP contribution in [0.25, 0.3) is 10.9 Å². The van der Waals surface area contributed by atoms with Gasteiger partial charge in [0.15, 0.2) is 11.6 Å². The number of ether oxygens (including phenoxy) is 1. The number of fused-ring (bicyclic) bond motifs is 3. The van der Waals surface area contributed by atoms with Crippen LogP contribution in [0.3, 0.4) is 0 Å². The van der Waals surface area contributed by atoms with Crippen molar-refractivity contribution in [1.29, 1.82) is 0 Å². The van der Waals surface area contributed by atoms with Crippen molar-refractivity contribution in [3.8, 4) is 5.75 Å². The van der Waals surface area contributed by atoms with Gasteiger partial charge >= 0.3 is 12.2 Å². The predicted molar refractivity (Wildman–Crippen MR) is 139 cm³/mol. The number of amides is 2. The lowest BCUT2D eigenvalue weighted by atomic mass is 10.0. The lowest BCUT2D eigenvalue weighted by molar-refractivity contribution is -0.119. The Hall–Kier alpha value is -3.93. The number of thioether (sulfide) groups is 1. The molecule has 0 spiro atoms. The number of aromatic nitrogens is 1. The number of carbonyl (C=O) groups excluding carboxylic acids is 1. The number of alkyl halides is 3. The Balaban J connectivity index is 1.48. The van der Waals surface area contributed by atoms with Crippen LogP contribution in [-0.4, -0.2) is 35.7 Å². The zero-order valence-corrected chi connectivity index (χ0v) is 21.8. The summed E-state index contributed by atoms with van der Waals surface area (Å²) in [5.41, 5.74) is 0.695. The molecule has 0 N–H and O–H groups in total. The third-order valence-electron chi connectivity index (χ3n) is 6.42. The van der Waals surface area contributed by atoms with E-state index in [2.05, 4.69) is 4.98 Å². The largest absolute Gasteiger partial charge is 0.494 e. The number of benzene rings is 3. The normalized spacial score (nSPS) is 13.6. The Morgan fingerprint density at radius 3 is 2.35 bits per heavy atom. The fourth-order valence-electron chi connectivity index (χ4n) is 4.53. The first-order valence-corrected chi connectivity index (χ1v) is 13.0. The topological polar surface area (TPSA) is 45.7 Å². The molecule has 208 valence electrons. The first-order chi connectivity index (χ1) is 19.0. The smallest absolute Gasteiger partial charge is 0.406 e. The standard InChI is InChI=1S/C28H21F6N3O2S/c1-39-26-10-24-18(9-23(26)31)19-12-36(27(38)37(15-28(32,33)34)25(19)11-35-24)13-20-21(29)7-17(8-22(20)30)40-14-16-5-3-2-4-6-16/h2-11H,12-15H2,1H3. The summed E-state index contributed by atoms with van der Waals surface area (Å²) in [6, 6.07) is 12.8. The van der Waals surface area contributed by atoms with Gasteiger partial charge in [-0.05, 0) is 23.8 Å². The van der Waals surface area contributed by atoms with E-state index in [0.717, 1.165) is 34.9 Å². The number of halogens is 6. The Morgan fingerprint density at radius 1 is 1.00 bits per heavy atom. The van der Waals surface area contributed by atoms with Crippen molar-refractivity contribution >= 4 is 34.4 Å². The Bertz CT molecular complexity index is 1560. The lowest BCUT2D eigenvalue weighted by Crippen LogP contribution is -2.50. The second-order valence-corrected chi connectivity index (χ2v) is 10.2. The van der Waals surface area contributed by atoms with Gasteiger partial charge in [0.05, 0.1) is 37.6 Å². The second-order valence-electron chi connectivity index (χ2n) is 9.11. The minimum absolute atomic E-state index is 0.120. The van der Waals surface area contributed by atoms with Crippen molar-refractivity contribution in [3.05, 3.63) is 94.9 Å². The molecule has 0 unspecified atom stereocenters. The van der Waals surface area contributed by atoms with Crippen molar-refractivity contribution < 1.29 is 35.9 Å². The summed E-state index contributed by atoms with van der Waals surface area (Å²) >= 11 is 1.21. The molecule has 3 aromatic carbocycles. The van der Waals surface area contributed by atoms with E-state index in [4.69, 9.17) is 4.74 Å². The van der Waals surface area contributed by atoms with Crippen LogP contribution in [0.15, 0.2) is 65.7 Å². The van der Waals surface area contributed by atoms with Crippen LogP contribution >= 0.6 is 11.8 Å². The highest BCUT2D eigenvalue weighted by atomic mass is 32.2. The molecule has 5 nitrogen and oxygen atoms in total. The van der Waals surface area contributed by atoms with Crippen molar-refractivity contribution in [2.24, 2.45) is 0 Å². The molecule has 2 amide bonds. The van der Waals surface area contributed by atoms with E-state index in [0.29, 0.717) is 15.5 Å². The molecule has 0 radical (unpaired) electrons. The van der Waals surface area contributed by atoms with Crippen molar-refractivity contribution in [1.82, 2.24) is 9.88 Å². The molecule has 1 aliphatic heterocycles. The molecule has 0 fully saturated rings. The van der Waals surface area contributed by atoms with Crippen LogP contribution in [0.1, 0.15) is 16.7 Å². The van der Waals surface area contributed by atoms with E-state index in [9.17, 15) is 22.4 Å². The van der Waals surface area contributed by atoms with Crippen LogP contribution in [-0.2, 0) is 18.8 Å². The fourth-order valence-corrected chi connectivity index (χ4v) is 5.43. The van der Waals surface area contributed by atoms with E-state index in [1.165, 1.54) is 24.9 Å². The van der Waals surface area contributed by atoms with Crippen LogP contribution in [0.2, 0.25) is 0 Å². The molecule has 2 heterocycles. The lowest BCUT2D eigenvalue weighted by Gasteiger charge is -2.37. The SMILES string of the molecule is COc1cc2ncc3c(c2cc1F)CN(Cc1c(F)cc(SCc2ccccc2)cc1F)C(=O)N3CC(F)(F)F. The number of rotatable bonds is 7. The van der Waals surface area contributed by atoms with Crippen molar-refractivity contribution in [2.75, 3.05) is 18.6 Å². The van der Waals surface area contributed by atoms with E-state index in [-0.39, 0.29) is 34.4 Å². The summed E-state index contributed by atoms with van der Waals surface area (Å²) in [6.45, 7) is -2.63. The van der Waals surface area contributed by atoms with E-state index in [1.54, 1.807) is 0 Å². The minimum Gasteiger partial charge on any atom is -0.494 e. The number of hydrogen-bond acceptors (Lipinski definition) is 4. The molecule has 0 bridgehead atoms. The number of methoxy groups -OCH3 is 1. The van der Waals surface area contributed by atoms with Gasteiger partial charge in [-0.15, -0.1) is 11.8 Å². The molecule has 0 atom stereocenters. The Labute approximate surface area is 229 Å². The van der Waals surface area contributed by atoms with E-state index < -0.39 is 48.3 Å². The zero-order valence-electron chi connectivity index (χ0n) is 20.9. The maximum Gasteiger partial charge on any atom is 0.406 e. The third-order valence-corrected chi connectivity index (χ3v) is 7.47. The van der Waals surface area contributed by atoms with Gasteiger partial charge in [-0.1, -0.05) is 30.3 Å². The first kappa shape index (κ1) is 27.6. The highest BCUT2D eigenvalue weighted by Crippen LogP contribution is 2.38. The molecule has 0 aliphatic carbocycles. The molecule has 4 aromatic rings. The van der Waals surface area contributed by atoms with Gasteiger partial charge in [-0.2, -0.15) is 13.2 Å². The number of hydrogen-bond donors (Lipinski definition) is 0. The van der Waals surface area contributed by atoms with Gasteiger partial charge in [-0.25, -0.2) is 18.0 Å².